The van der Waals surface area contributed by atoms with Crippen LogP contribution in [0.4, 0.5) is 16.5 Å². The van der Waals surface area contributed by atoms with E-state index in [1.807, 2.05) is 4.90 Å². The highest BCUT2D eigenvalue weighted by Gasteiger charge is 2.24. The molecule has 4 rings (SSSR count). The van der Waals surface area contributed by atoms with E-state index in [9.17, 15) is 19.7 Å². The Balaban J connectivity index is 1.46. The lowest BCUT2D eigenvalue weighted by Gasteiger charge is -2.17. The van der Waals surface area contributed by atoms with E-state index in [4.69, 9.17) is 4.42 Å². The average Bonchev–Trinajstić information content (AvgIpc) is 3.53. The number of carbonyl (C=O) groups excluding carboxylic acids is 2. The standard InChI is InChI=1S/C21H21N5O5S/c1-13(27)22-11-15-5-7-19(31-15)16-12-32-21(23-16)24-20(28)14-4-6-17(18(10-14)26(29)30)25-8-2-3-9-25/h4-7,10,12H,2-3,8-9,11H2,1H3,(H,22,27)(H,23,24,28). The first-order valence-electron chi connectivity index (χ1n) is 10.0. The van der Waals surface area contributed by atoms with Crippen molar-refractivity contribution < 1.29 is 18.9 Å². The van der Waals surface area contributed by atoms with Gasteiger partial charge in [-0.2, -0.15) is 0 Å². The van der Waals surface area contributed by atoms with Crippen LogP contribution in [-0.4, -0.2) is 34.8 Å². The van der Waals surface area contributed by atoms with Gasteiger partial charge in [0.25, 0.3) is 11.6 Å². The van der Waals surface area contributed by atoms with Crippen molar-refractivity contribution in [3.05, 3.63) is 57.1 Å². The Labute approximate surface area is 187 Å². The number of nitro benzene ring substituents is 1. The fraction of sp³-hybridized carbons (Fsp3) is 0.286. The normalized spacial score (nSPS) is 13.2. The summed E-state index contributed by atoms with van der Waals surface area (Å²) in [6, 6.07) is 8.00. The lowest BCUT2D eigenvalue weighted by Crippen LogP contribution is -2.19. The molecule has 32 heavy (non-hydrogen) atoms. The van der Waals surface area contributed by atoms with E-state index in [-0.39, 0.29) is 23.7 Å². The molecule has 11 heteroatoms. The molecule has 2 N–H and O–H groups in total. The van der Waals surface area contributed by atoms with E-state index < -0.39 is 10.8 Å². The first-order chi connectivity index (χ1) is 15.4. The van der Waals surface area contributed by atoms with Crippen molar-refractivity contribution in [3.63, 3.8) is 0 Å². The smallest absolute Gasteiger partial charge is 0.293 e. The van der Waals surface area contributed by atoms with Gasteiger partial charge >= 0.3 is 0 Å². The summed E-state index contributed by atoms with van der Waals surface area (Å²) in [7, 11) is 0. The predicted molar refractivity (Wildman–Crippen MR) is 120 cm³/mol. The molecular weight excluding hydrogens is 434 g/mol. The Morgan fingerprint density at radius 1 is 1.25 bits per heavy atom. The van der Waals surface area contributed by atoms with Crippen LogP contribution in [0.2, 0.25) is 0 Å². The first kappa shape index (κ1) is 21.5. The number of anilines is 2. The number of carbonyl (C=O) groups is 2. The summed E-state index contributed by atoms with van der Waals surface area (Å²) in [5, 5.41) is 19.0. The minimum absolute atomic E-state index is 0.0818. The van der Waals surface area contributed by atoms with Crippen molar-refractivity contribution in [2.75, 3.05) is 23.3 Å². The number of nitrogens with one attached hydrogen (secondary N) is 2. The largest absolute Gasteiger partial charge is 0.458 e. The van der Waals surface area contributed by atoms with Crippen LogP contribution in [0, 0.1) is 10.1 Å². The minimum atomic E-state index is -0.479. The zero-order valence-corrected chi connectivity index (χ0v) is 18.1. The summed E-state index contributed by atoms with van der Waals surface area (Å²) in [5.74, 6) is 0.454. The molecule has 0 saturated carbocycles. The van der Waals surface area contributed by atoms with Gasteiger partial charge in [-0.1, -0.05) is 0 Å². The molecule has 1 aromatic carbocycles. The second-order valence-corrected chi connectivity index (χ2v) is 8.18. The number of hydrogen-bond donors (Lipinski definition) is 2. The molecule has 0 spiro atoms. The van der Waals surface area contributed by atoms with Crippen LogP contribution in [0.25, 0.3) is 11.5 Å². The Kier molecular flexibility index (Phi) is 6.17. The molecule has 0 unspecified atom stereocenters. The number of benzene rings is 1. The monoisotopic (exact) mass is 455 g/mol. The molecule has 0 aliphatic carbocycles. The third-order valence-corrected chi connectivity index (χ3v) is 5.79. The molecule has 2 amide bonds. The summed E-state index contributed by atoms with van der Waals surface area (Å²) in [6.45, 7) is 3.24. The molecule has 0 radical (unpaired) electrons. The van der Waals surface area contributed by atoms with E-state index in [0.717, 1.165) is 25.9 Å². The van der Waals surface area contributed by atoms with Gasteiger partial charge in [0.1, 0.15) is 17.1 Å². The number of nitrogens with zero attached hydrogens (tertiary/aromatic N) is 3. The first-order valence-corrected chi connectivity index (χ1v) is 10.9. The quantitative estimate of drug-likeness (QED) is 0.409. The minimum Gasteiger partial charge on any atom is -0.458 e. The third kappa shape index (κ3) is 4.78. The molecule has 166 valence electrons. The molecule has 3 aromatic rings. The summed E-state index contributed by atoms with van der Waals surface area (Å²) >= 11 is 1.21. The molecular formula is C21H21N5O5S. The van der Waals surface area contributed by atoms with Crippen molar-refractivity contribution in [2.45, 2.75) is 26.3 Å². The van der Waals surface area contributed by atoms with Crippen molar-refractivity contribution in [1.29, 1.82) is 0 Å². The van der Waals surface area contributed by atoms with Crippen LogP contribution < -0.4 is 15.5 Å². The van der Waals surface area contributed by atoms with Gasteiger partial charge in [0.15, 0.2) is 10.9 Å². The number of aromatic nitrogens is 1. The van der Waals surface area contributed by atoms with Gasteiger partial charge in [-0.3, -0.25) is 25.0 Å². The Hall–Kier alpha value is -3.73. The second-order valence-electron chi connectivity index (χ2n) is 7.32. The van der Waals surface area contributed by atoms with Gasteiger partial charge in [-0.15, -0.1) is 11.3 Å². The number of hydrogen-bond acceptors (Lipinski definition) is 8. The summed E-state index contributed by atoms with van der Waals surface area (Å²) in [5.41, 5.74) is 1.18. The molecule has 0 atom stereocenters. The van der Waals surface area contributed by atoms with Crippen LogP contribution in [0.1, 0.15) is 35.9 Å². The number of nitro groups is 1. The number of furan rings is 1. The zero-order chi connectivity index (χ0) is 22.7. The van der Waals surface area contributed by atoms with E-state index in [2.05, 4.69) is 15.6 Å². The summed E-state index contributed by atoms with van der Waals surface area (Å²) < 4.78 is 5.66. The highest BCUT2D eigenvalue weighted by atomic mass is 32.1. The summed E-state index contributed by atoms with van der Waals surface area (Å²) in [4.78, 5) is 41.1. The maximum Gasteiger partial charge on any atom is 0.293 e. The Morgan fingerprint density at radius 3 is 2.75 bits per heavy atom. The Morgan fingerprint density at radius 2 is 2.03 bits per heavy atom. The average molecular weight is 455 g/mol. The molecule has 1 saturated heterocycles. The maximum absolute atomic E-state index is 12.7. The fourth-order valence-electron chi connectivity index (χ4n) is 3.47. The van der Waals surface area contributed by atoms with Crippen molar-refractivity contribution in [3.8, 4) is 11.5 Å². The van der Waals surface area contributed by atoms with Gasteiger partial charge in [0, 0.05) is 37.0 Å². The number of rotatable bonds is 7. The molecule has 1 aliphatic rings. The van der Waals surface area contributed by atoms with Crippen molar-refractivity contribution in [1.82, 2.24) is 10.3 Å². The number of thiazole rings is 1. The summed E-state index contributed by atoms with van der Waals surface area (Å²) in [6.07, 6.45) is 1.99. The maximum atomic E-state index is 12.7. The van der Waals surface area contributed by atoms with E-state index in [1.54, 1.807) is 29.6 Å². The van der Waals surface area contributed by atoms with Crippen LogP contribution >= 0.6 is 11.3 Å². The zero-order valence-electron chi connectivity index (χ0n) is 17.3. The highest BCUT2D eigenvalue weighted by molar-refractivity contribution is 7.14. The lowest BCUT2D eigenvalue weighted by molar-refractivity contribution is -0.384. The van der Waals surface area contributed by atoms with Gasteiger partial charge in [0.2, 0.25) is 5.91 Å². The number of amides is 2. The van der Waals surface area contributed by atoms with Gasteiger partial charge in [-0.25, -0.2) is 4.98 Å². The Bertz CT molecular complexity index is 1170. The topological polar surface area (TPSA) is 131 Å². The predicted octanol–water partition coefficient (Wildman–Crippen LogP) is 3.80. The molecule has 1 aliphatic heterocycles. The molecule has 2 aromatic heterocycles. The molecule has 1 fully saturated rings. The van der Waals surface area contributed by atoms with Crippen LogP contribution in [-0.2, 0) is 11.3 Å². The van der Waals surface area contributed by atoms with Crippen molar-refractivity contribution >= 4 is 39.7 Å². The SMILES string of the molecule is CC(=O)NCc1ccc(-c2csc(NC(=O)c3ccc(N4CCCC4)c([N+](=O)[O-])c3)n2)o1. The van der Waals surface area contributed by atoms with Gasteiger partial charge in [-0.05, 0) is 37.1 Å². The molecule has 0 bridgehead atoms. The van der Waals surface area contributed by atoms with Crippen LogP contribution in [0.5, 0.6) is 0 Å². The molecule has 10 nitrogen and oxygen atoms in total. The highest BCUT2D eigenvalue weighted by Crippen LogP contribution is 2.32. The third-order valence-electron chi connectivity index (χ3n) is 5.03. The van der Waals surface area contributed by atoms with Gasteiger partial charge in [0.05, 0.1) is 11.5 Å². The van der Waals surface area contributed by atoms with E-state index >= 15 is 0 Å². The van der Waals surface area contributed by atoms with E-state index in [1.165, 1.54) is 24.3 Å². The lowest BCUT2D eigenvalue weighted by atomic mass is 10.1. The fourth-order valence-corrected chi connectivity index (χ4v) is 4.17. The molecule has 3 heterocycles. The van der Waals surface area contributed by atoms with Crippen LogP contribution in [0.15, 0.2) is 40.1 Å². The second kappa shape index (κ2) is 9.18. The van der Waals surface area contributed by atoms with Crippen LogP contribution in [0.3, 0.4) is 0 Å². The van der Waals surface area contributed by atoms with Crippen molar-refractivity contribution in [2.24, 2.45) is 0 Å². The van der Waals surface area contributed by atoms with E-state index in [0.29, 0.717) is 28.0 Å². The van der Waals surface area contributed by atoms with Gasteiger partial charge < -0.3 is 14.6 Å².